The molecule has 7 heteroatoms. The van der Waals surface area contributed by atoms with E-state index < -0.39 is 0 Å². The molecule has 0 aromatic rings. The largest absolute Gasteiger partial charge is 0.469 e. The van der Waals surface area contributed by atoms with Gasteiger partial charge in [-0.15, -0.1) is 0 Å². The Labute approximate surface area is 113 Å². The van der Waals surface area contributed by atoms with Gasteiger partial charge in [-0.25, -0.2) is 0 Å². The third-order valence-electron chi connectivity index (χ3n) is 2.52. The van der Waals surface area contributed by atoms with Crippen LogP contribution in [-0.2, 0) is 23.9 Å². The average molecular weight is 274 g/mol. The topological polar surface area (TPSA) is 84.9 Å². The number of carbonyl (C=O) groups is 3. The summed E-state index contributed by atoms with van der Waals surface area (Å²) in [5, 5.41) is 2.67. The van der Waals surface area contributed by atoms with Gasteiger partial charge in [0.2, 0.25) is 5.91 Å². The minimum absolute atomic E-state index is 0.110. The van der Waals surface area contributed by atoms with Gasteiger partial charge in [0, 0.05) is 33.1 Å². The van der Waals surface area contributed by atoms with Crippen LogP contribution in [0.1, 0.15) is 19.8 Å². The maximum atomic E-state index is 11.1. The quantitative estimate of drug-likeness (QED) is 0.573. The number of rotatable bonds is 9. The van der Waals surface area contributed by atoms with Crippen LogP contribution in [0.25, 0.3) is 0 Å². The Morgan fingerprint density at radius 3 is 1.79 bits per heavy atom. The number of nitrogens with zero attached hydrogens (tertiary/aromatic N) is 1. The summed E-state index contributed by atoms with van der Waals surface area (Å²) in [6.45, 7) is 3.42. The molecule has 0 aromatic heterocycles. The highest BCUT2D eigenvalue weighted by atomic mass is 16.5. The van der Waals surface area contributed by atoms with E-state index in [4.69, 9.17) is 0 Å². The highest BCUT2D eigenvalue weighted by molar-refractivity contribution is 5.72. The van der Waals surface area contributed by atoms with E-state index in [1.165, 1.54) is 21.1 Å². The van der Waals surface area contributed by atoms with E-state index in [1.54, 1.807) is 0 Å². The lowest BCUT2D eigenvalue weighted by atomic mass is 10.3. The molecular weight excluding hydrogens is 252 g/mol. The SMILES string of the molecule is COC(=O)CCN(CCNC(C)=O)CCC(=O)OC. The molecule has 0 heterocycles. The van der Waals surface area contributed by atoms with Crippen molar-refractivity contribution >= 4 is 17.8 Å². The van der Waals surface area contributed by atoms with Crippen LogP contribution in [0.2, 0.25) is 0 Å². The third-order valence-corrected chi connectivity index (χ3v) is 2.52. The summed E-state index contributed by atoms with van der Waals surface area (Å²) in [5.74, 6) is -0.717. The molecule has 0 radical (unpaired) electrons. The predicted octanol–water partition coefficient (Wildman–Crippen LogP) is -0.449. The smallest absolute Gasteiger partial charge is 0.306 e. The highest BCUT2D eigenvalue weighted by Crippen LogP contribution is 1.97. The van der Waals surface area contributed by atoms with Crippen LogP contribution < -0.4 is 5.32 Å². The number of esters is 2. The van der Waals surface area contributed by atoms with E-state index in [1.807, 2.05) is 4.90 Å². The molecule has 0 saturated carbocycles. The van der Waals surface area contributed by atoms with Crippen LogP contribution in [0.5, 0.6) is 0 Å². The summed E-state index contributed by atoms with van der Waals surface area (Å²) in [6.07, 6.45) is 0.496. The summed E-state index contributed by atoms with van der Waals surface area (Å²) in [5.41, 5.74) is 0. The second-order valence-electron chi connectivity index (χ2n) is 3.98. The molecular formula is C12H22N2O5. The number of nitrogens with one attached hydrogen (secondary N) is 1. The van der Waals surface area contributed by atoms with Crippen LogP contribution in [0, 0.1) is 0 Å². The maximum Gasteiger partial charge on any atom is 0.306 e. The van der Waals surface area contributed by atoms with E-state index in [2.05, 4.69) is 14.8 Å². The van der Waals surface area contributed by atoms with E-state index in [0.717, 1.165) is 0 Å². The van der Waals surface area contributed by atoms with Crippen molar-refractivity contribution in [3.8, 4) is 0 Å². The molecule has 0 spiro atoms. The molecule has 19 heavy (non-hydrogen) atoms. The lowest BCUT2D eigenvalue weighted by Crippen LogP contribution is -2.36. The number of methoxy groups -OCH3 is 2. The van der Waals surface area contributed by atoms with Gasteiger partial charge in [0.25, 0.3) is 0 Å². The lowest BCUT2D eigenvalue weighted by molar-refractivity contribution is -0.141. The van der Waals surface area contributed by atoms with E-state index >= 15 is 0 Å². The molecule has 0 aliphatic heterocycles. The molecule has 0 aromatic carbocycles. The van der Waals surface area contributed by atoms with Gasteiger partial charge in [-0.3, -0.25) is 14.4 Å². The van der Waals surface area contributed by atoms with E-state index in [0.29, 0.717) is 26.2 Å². The van der Waals surface area contributed by atoms with Crippen LogP contribution in [-0.4, -0.2) is 63.1 Å². The average Bonchev–Trinajstić information content (AvgIpc) is 2.39. The van der Waals surface area contributed by atoms with Gasteiger partial charge in [0.15, 0.2) is 0 Å². The van der Waals surface area contributed by atoms with Crippen LogP contribution >= 0.6 is 0 Å². The summed E-state index contributed by atoms with van der Waals surface area (Å²) >= 11 is 0. The Morgan fingerprint density at radius 1 is 0.947 bits per heavy atom. The zero-order valence-electron chi connectivity index (χ0n) is 11.7. The molecule has 0 rings (SSSR count). The number of amides is 1. The fourth-order valence-electron chi connectivity index (χ4n) is 1.43. The summed E-state index contributed by atoms with van der Waals surface area (Å²) in [4.78, 5) is 34.8. The van der Waals surface area contributed by atoms with Crippen LogP contribution in [0.15, 0.2) is 0 Å². The molecule has 0 atom stereocenters. The van der Waals surface area contributed by atoms with Crippen molar-refractivity contribution in [3.63, 3.8) is 0 Å². The van der Waals surface area contributed by atoms with Crippen molar-refractivity contribution in [2.24, 2.45) is 0 Å². The summed E-state index contributed by atoms with van der Waals surface area (Å²) in [7, 11) is 2.66. The molecule has 0 saturated heterocycles. The van der Waals surface area contributed by atoms with E-state index in [9.17, 15) is 14.4 Å². The van der Waals surface area contributed by atoms with Gasteiger partial charge < -0.3 is 19.7 Å². The molecule has 0 aliphatic rings. The normalized spacial score (nSPS) is 10.1. The van der Waals surface area contributed by atoms with Crippen molar-refractivity contribution in [2.45, 2.75) is 19.8 Å². The third kappa shape index (κ3) is 10.0. The van der Waals surface area contributed by atoms with Gasteiger partial charge in [-0.1, -0.05) is 0 Å². The zero-order chi connectivity index (χ0) is 14.7. The second kappa shape index (κ2) is 10.3. The Morgan fingerprint density at radius 2 is 1.42 bits per heavy atom. The minimum atomic E-state index is -0.303. The standard InChI is InChI=1S/C12H22N2O5/c1-10(15)13-6-9-14(7-4-11(16)18-2)8-5-12(17)19-3/h4-9H2,1-3H3,(H,13,15). The molecule has 110 valence electrons. The van der Waals surface area contributed by atoms with Gasteiger partial charge >= 0.3 is 11.9 Å². The predicted molar refractivity (Wildman–Crippen MR) is 68.4 cm³/mol. The van der Waals surface area contributed by atoms with E-state index in [-0.39, 0.29) is 30.7 Å². The Bertz CT molecular complexity index is 286. The number of hydrogen-bond acceptors (Lipinski definition) is 6. The highest BCUT2D eigenvalue weighted by Gasteiger charge is 2.11. The van der Waals surface area contributed by atoms with Crippen molar-refractivity contribution in [3.05, 3.63) is 0 Å². The first-order chi connectivity index (χ1) is 8.99. The molecule has 1 N–H and O–H groups in total. The fraction of sp³-hybridized carbons (Fsp3) is 0.750. The first kappa shape index (κ1) is 17.4. The molecule has 0 bridgehead atoms. The zero-order valence-corrected chi connectivity index (χ0v) is 11.7. The van der Waals surface area contributed by atoms with Crippen molar-refractivity contribution in [1.82, 2.24) is 10.2 Å². The summed E-state index contributed by atoms with van der Waals surface area (Å²) < 4.78 is 9.13. The molecule has 0 unspecified atom stereocenters. The Hall–Kier alpha value is -1.63. The summed E-state index contributed by atoms with van der Waals surface area (Å²) in [6, 6.07) is 0. The first-order valence-corrected chi connectivity index (χ1v) is 6.10. The van der Waals surface area contributed by atoms with Gasteiger partial charge in [-0.05, 0) is 0 Å². The number of carbonyl (C=O) groups excluding carboxylic acids is 3. The maximum absolute atomic E-state index is 11.1. The van der Waals surface area contributed by atoms with Gasteiger partial charge in [0.05, 0.1) is 27.1 Å². The van der Waals surface area contributed by atoms with Crippen LogP contribution in [0.4, 0.5) is 0 Å². The molecule has 1 amide bonds. The molecule has 7 nitrogen and oxygen atoms in total. The lowest BCUT2D eigenvalue weighted by Gasteiger charge is -2.21. The van der Waals surface area contributed by atoms with Gasteiger partial charge in [0.1, 0.15) is 0 Å². The Balaban J connectivity index is 4.09. The molecule has 0 fully saturated rings. The van der Waals surface area contributed by atoms with Crippen LogP contribution in [0.3, 0.4) is 0 Å². The fourth-order valence-corrected chi connectivity index (χ4v) is 1.43. The van der Waals surface area contributed by atoms with Gasteiger partial charge in [-0.2, -0.15) is 0 Å². The van der Waals surface area contributed by atoms with Crippen molar-refractivity contribution in [1.29, 1.82) is 0 Å². The monoisotopic (exact) mass is 274 g/mol. The number of hydrogen-bond donors (Lipinski definition) is 1. The molecule has 0 aliphatic carbocycles. The van der Waals surface area contributed by atoms with Crippen molar-refractivity contribution in [2.75, 3.05) is 40.4 Å². The second-order valence-corrected chi connectivity index (χ2v) is 3.98. The Kier molecular flexibility index (Phi) is 9.42. The number of ether oxygens (including phenoxy) is 2. The van der Waals surface area contributed by atoms with Crippen molar-refractivity contribution < 1.29 is 23.9 Å². The minimum Gasteiger partial charge on any atom is -0.469 e. The first-order valence-electron chi connectivity index (χ1n) is 6.10.